The van der Waals surface area contributed by atoms with E-state index in [-0.39, 0.29) is 43.2 Å². The highest BCUT2D eigenvalue weighted by Crippen LogP contribution is 2.39. The number of anilines is 1. The first-order chi connectivity index (χ1) is 21.5. The number of benzene rings is 2. The Morgan fingerprint density at radius 2 is 1.71 bits per heavy atom. The van der Waals surface area contributed by atoms with Gasteiger partial charge in [0, 0.05) is 37.1 Å². The molecule has 10 heteroatoms. The number of nitrogens with one attached hydrogen (secondary N) is 1. The van der Waals surface area contributed by atoms with Crippen LogP contribution in [-0.4, -0.2) is 63.8 Å². The van der Waals surface area contributed by atoms with E-state index in [2.05, 4.69) is 10.2 Å². The van der Waals surface area contributed by atoms with Crippen molar-refractivity contribution in [2.24, 2.45) is 0 Å². The Balaban J connectivity index is 1.44. The highest BCUT2D eigenvalue weighted by Gasteiger charge is 2.39. The van der Waals surface area contributed by atoms with E-state index in [0.29, 0.717) is 37.9 Å². The zero-order chi connectivity index (χ0) is 32.4. The molecule has 0 aromatic heterocycles. The number of aliphatic carboxylic acids is 1. The van der Waals surface area contributed by atoms with E-state index >= 15 is 0 Å². The summed E-state index contributed by atoms with van der Waals surface area (Å²) in [5, 5.41) is 21.2. The molecule has 4 rings (SSSR count). The third-order valence-corrected chi connectivity index (χ3v) is 8.08. The fourth-order valence-corrected chi connectivity index (χ4v) is 5.88. The number of carboxylic acid groups (broad SMARTS) is 1. The van der Waals surface area contributed by atoms with Gasteiger partial charge in [-0.15, -0.1) is 0 Å². The van der Waals surface area contributed by atoms with Crippen molar-refractivity contribution in [2.75, 3.05) is 18.4 Å². The number of esters is 1. The van der Waals surface area contributed by atoms with Gasteiger partial charge in [-0.05, 0) is 76.3 Å². The maximum absolute atomic E-state index is 13.0. The molecule has 45 heavy (non-hydrogen) atoms. The smallest absolute Gasteiger partial charge is 0.323 e. The number of carbonyl (C=O) groups excluding carboxylic acids is 2. The van der Waals surface area contributed by atoms with Crippen LogP contribution in [0.15, 0.2) is 48.5 Å². The lowest BCUT2D eigenvalue weighted by atomic mass is 9.99. The predicted octanol–water partition coefficient (Wildman–Crippen LogP) is 5.89. The Labute approximate surface area is 266 Å². The fourth-order valence-electron chi connectivity index (χ4n) is 5.88. The molecule has 0 radical (unpaired) electrons. The van der Waals surface area contributed by atoms with Gasteiger partial charge in [0.2, 0.25) is 5.91 Å². The van der Waals surface area contributed by atoms with Crippen molar-refractivity contribution in [3.8, 4) is 0 Å². The molecule has 10 nitrogen and oxygen atoms in total. The standard InChI is InChI=1S/C35H48N2O8/c1-35(2,3)45-33(42)29-12-9-19-37(29)22-28-21-30(25-17-15-24(23-38)16-18-25)44-34(43-28)26-10-8-11-27(20-26)36-31(39)13-6-4-5-7-14-32(40)41/h8,10-11,15-18,20,28-30,34,38H,4-7,9,12-14,19,21-23H2,1-3H3,(H,36,39)(H,40,41)/t28-,29+,30+,34+/m1/s1. The number of rotatable bonds is 14. The largest absolute Gasteiger partial charge is 0.481 e. The zero-order valence-corrected chi connectivity index (χ0v) is 26.7. The van der Waals surface area contributed by atoms with Crippen LogP contribution in [0, 0.1) is 0 Å². The predicted molar refractivity (Wildman–Crippen MR) is 169 cm³/mol. The number of ether oxygens (including phenoxy) is 3. The van der Waals surface area contributed by atoms with Gasteiger partial charge in [-0.1, -0.05) is 49.2 Å². The number of likely N-dealkylation sites (tertiary alicyclic amines) is 1. The molecular weight excluding hydrogens is 576 g/mol. The molecule has 2 saturated heterocycles. The van der Waals surface area contributed by atoms with E-state index in [0.717, 1.165) is 48.9 Å². The third kappa shape index (κ3) is 10.9. The summed E-state index contributed by atoms with van der Waals surface area (Å²) in [5.74, 6) is -1.10. The number of amides is 1. The summed E-state index contributed by atoms with van der Waals surface area (Å²) in [7, 11) is 0. The number of carboxylic acids is 1. The molecule has 1 amide bonds. The van der Waals surface area contributed by atoms with Crippen molar-refractivity contribution in [1.82, 2.24) is 4.90 Å². The van der Waals surface area contributed by atoms with Gasteiger partial charge in [0.15, 0.2) is 6.29 Å². The van der Waals surface area contributed by atoms with Gasteiger partial charge in [-0.25, -0.2) is 0 Å². The maximum atomic E-state index is 13.0. The molecular formula is C35H48N2O8. The van der Waals surface area contributed by atoms with E-state index in [1.807, 2.05) is 69.3 Å². The molecule has 2 aliphatic heterocycles. The Hall–Kier alpha value is -3.31. The number of aliphatic hydroxyl groups is 1. The average molecular weight is 625 g/mol. The van der Waals surface area contributed by atoms with Crippen molar-refractivity contribution in [2.45, 2.75) is 115 Å². The Morgan fingerprint density at radius 3 is 2.40 bits per heavy atom. The lowest BCUT2D eigenvalue weighted by Crippen LogP contribution is -2.45. The van der Waals surface area contributed by atoms with Crippen LogP contribution in [0.5, 0.6) is 0 Å². The number of nitrogens with zero attached hydrogens (tertiary/aromatic N) is 1. The number of hydrogen-bond acceptors (Lipinski definition) is 8. The van der Waals surface area contributed by atoms with Crippen molar-refractivity contribution in [1.29, 1.82) is 0 Å². The first kappa shape index (κ1) is 34.6. The molecule has 2 aliphatic rings. The second-order valence-electron chi connectivity index (χ2n) is 13.0. The van der Waals surface area contributed by atoms with E-state index in [9.17, 15) is 19.5 Å². The molecule has 0 saturated carbocycles. The van der Waals surface area contributed by atoms with E-state index in [1.54, 1.807) is 0 Å². The summed E-state index contributed by atoms with van der Waals surface area (Å²) in [6.07, 6.45) is 4.47. The molecule has 2 aromatic rings. The van der Waals surface area contributed by atoms with Crippen LogP contribution >= 0.6 is 0 Å². The van der Waals surface area contributed by atoms with Crippen molar-refractivity contribution in [3.05, 3.63) is 65.2 Å². The minimum Gasteiger partial charge on any atom is -0.481 e. The van der Waals surface area contributed by atoms with Crippen molar-refractivity contribution < 1.29 is 38.8 Å². The van der Waals surface area contributed by atoms with Crippen LogP contribution in [-0.2, 0) is 35.2 Å². The average Bonchev–Trinajstić information content (AvgIpc) is 3.46. The van der Waals surface area contributed by atoms with Gasteiger partial charge < -0.3 is 29.7 Å². The molecule has 2 heterocycles. The summed E-state index contributed by atoms with van der Waals surface area (Å²) < 4.78 is 18.7. The Morgan fingerprint density at radius 1 is 0.978 bits per heavy atom. The van der Waals surface area contributed by atoms with Gasteiger partial charge in [-0.2, -0.15) is 0 Å². The molecule has 246 valence electrons. The van der Waals surface area contributed by atoms with E-state index < -0.39 is 17.9 Å². The highest BCUT2D eigenvalue weighted by atomic mass is 16.7. The van der Waals surface area contributed by atoms with Crippen LogP contribution in [0.25, 0.3) is 0 Å². The summed E-state index contributed by atoms with van der Waals surface area (Å²) in [5.41, 5.74) is 2.66. The van der Waals surface area contributed by atoms with Crippen molar-refractivity contribution in [3.63, 3.8) is 0 Å². The van der Waals surface area contributed by atoms with Crippen LogP contribution in [0.4, 0.5) is 5.69 Å². The Bertz CT molecular complexity index is 1280. The molecule has 3 N–H and O–H groups in total. The second kappa shape index (κ2) is 16.3. The SMILES string of the molecule is CC(C)(C)OC(=O)[C@@H]1CCCN1C[C@H]1C[C@@H](c2ccc(CO)cc2)O[C@@H](c2cccc(NC(=O)CCCCCCC(=O)O)c2)O1. The molecule has 4 atom stereocenters. The van der Waals surface area contributed by atoms with Crippen LogP contribution in [0.1, 0.15) is 108 Å². The summed E-state index contributed by atoms with van der Waals surface area (Å²) in [4.78, 5) is 38.4. The normalized spacial score (nSPS) is 22.2. The maximum Gasteiger partial charge on any atom is 0.323 e. The molecule has 2 aromatic carbocycles. The summed E-state index contributed by atoms with van der Waals surface area (Å²) in [6, 6.07) is 14.9. The van der Waals surface area contributed by atoms with Gasteiger partial charge in [0.25, 0.3) is 0 Å². The highest BCUT2D eigenvalue weighted by molar-refractivity contribution is 5.90. The number of unbranched alkanes of at least 4 members (excludes halogenated alkanes) is 3. The number of aliphatic hydroxyl groups excluding tert-OH is 1. The van der Waals surface area contributed by atoms with Gasteiger partial charge in [-0.3, -0.25) is 19.3 Å². The van der Waals surface area contributed by atoms with Gasteiger partial charge in [0.05, 0.1) is 18.8 Å². The molecule has 0 unspecified atom stereocenters. The molecule has 0 aliphatic carbocycles. The molecule has 0 bridgehead atoms. The number of hydrogen-bond donors (Lipinski definition) is 3. The zero-order valence-electron chi connectivity index (χ0n) is 26.7. The van der Waals surface area contributed by atoms with Crippen LogP contribution < -0.4 is 5.32 Å². The first-order valence-corrected chi connectivity index (χ1v) is 16.1. The summed E-state index contributed by atoms with van der Waals surface area (Å²) in [6.45, 7) is 6.94. The van der Waals surface area contributed by atoms with Crippen LogP contribution in [0.2, 0.25) is 0 Å². The lowest BCUT2D eigenvalue weighted by molar-refractivity contribution is -0.253. The van der Waals surface area contributed by atoms with Gasteiger partial charge in [0.1, 0.15) is 11.6 Å². The fraction of sp³-hybridized carbons (Fsp3) is 0.571. The van der Waals surface area contributed by atoms with Gasteiger partial charge >= 0.3 is 11.9 Å². The molecule has 2 fully saturated rings. The second-order valence-corrected chi connectivity index (χ2v) is 13.0. The van der Waals surface area contributed by atoms with Crippen molar-refractivity contribution >= 4 is 23.5 Å². The number of carbonyl (C=O) groups is 3. The van der Waals surface area contributed by atoms with Crippen LogP contribution in [0.3, 0.4) is 0 Å². The lowest BCUT2D eigenvalue weighted by Gasteiger charge is -2.38. The first-order valence-electron chi connectivity index (χ1n) is 16.1. The minimum absolute atomic E-state index is 0.0373. The Kier molecular flexibility index (Phi) is 12.5. The monoisotopic (exact) mass is 624 g/mol. The van der Waals surface area contributed by atoms with E-state index in [4.69, 9.17) is 19.3 Å². The summed E-state index contributed by atoms with van der Waals surface area (Å²) >= 11 is 0. The topological polar surface area (TPSA) is 135 Å². The minimum atomic E-state index is -0.795. The van der Waals surface area contributed by atoms with E-state index in [1.165, 1.54) is 0 Å². The third-order valence-electron chi connectivity index (χ3n) is 8.08. The quantitative estimate of drug-likeness (QED) is 0.174. The molecule has 0 spiro atoms.